The Bertz CT molecular complexity index is 697. The van der Waals surface area contributed by atoms with Gasteiger partial charge in [-0.2, -0.15) is 5.10 Å². The van der Waals surface area contributed by atoms with Crippen molar-refractivity contribution < 1.29 is 8.42 Å². The molecule has 20 heavy (non-hydrogen) atoms. The molecule has 0 saturated heterocycles. The Hall–Kier alpha value is -1.37. The summed E-state index contributed by atoms with van der Waals surface area (Å²) in [6.45, 7) is 1.81. The van der Waals surface area contributed by atoms with Crippen LogP contribution in [0.2, 0.25) is 5.02 Å². The first-order valence-corrected chi connectivity index (χ1v) is 7.98. The van der Waals surface area contributed by atoms with E-state index in [0.29, 0.717) is 11.4 Å². The Kier molecular flexibility index (Phi) is 4.47. The zero-order valence-electron chi connectivity index (χ0n) is 11.2. The van der Waals surface area contributed by atoms with Crippen LogP contribution in [0.4, 0.5) is 0 Å². The lowest BCUT2D eigenvalue weighted by Crippen LogP contribution is -2.33. The van der Waals surface area contributed by atoms with Gasteiger partial charge in [-0.15, -0.1) is 0 Å². The monoisotopic (exact) mass is 313 g/mol. The van der Waals surface area contributed by atoms with Gasteiger partial charge >= 0.3 is 0 Å². The third-order valence-corrected chi connectivity index (χ3v) is 4.56. The van der Waals surface area contributed by atoms with E-state index < -0.39 is 10.0 Å². The molecule has 0 aliphatic heterocycles. The van der Waals surface area contributed by atoms with Gasteiger partial charge < -0.3 is 0 Å². The van der Waals surface area contributed by atoms with Gasteiger partial charge in [-0.25, -0.2) is 13.1 Å². The second-order valence-electron chi connectivity index (χ2n) is 4.71. The van der Waals surface area contributed by atoms with Gasteiger partial charge in [0.1, 0.15) is 4.90 Å². The molecule has 1 aromatic heterocycles. The molecule has 0 aliphatic rings. The van der Waals surface area contributed by atoms with Gasteiger partial charge in [-0.1, -0.05) is 23.7 Å². The van der Waals surface area contributed by atoms with Crippen LogP contribution < -0.4 is 4.72 Å². The number of rotatable bonds is 5. The standard InChI is InChI=1S/C13H16ClN3O2S/c1-10(6-11-4-3-5-12(14)7-11)16-20(18,19)13-8-15-17(2)9-13/h3-5,7-10,16H,6H2,1-2H3. The summed E-state index contributed by atoms with van der Waals surface area (Å²) in [5.74, 6) is 0. The fourth-order valence-electron chi connectivity index (χ4n) is 1.93. The van der Waals surface area contributed by atoms with Gasteiger partial charge in [0.05, 0.1) is 6.20 Å². The Morgan fingerprint density at radius 1 is 1.45 bits per heavy atom. The van der Waals surface area contributed by atoms with Gasteiger partial charge in [-0.3, -0.25) is 4.68 Å². The molecule has 0 fully saturated rings. The zero-order valence-corrected chi connectivity index (χ0v) is 12.8. The number of halogens is 1. The maximum absolute atomic E-state index is 12.1. The minimum atomic E-state index is -3.54. The second kappa shape index (κ2) is 5.95. The fraction of sp³-hybridized carbons (Fsp3) is 0.308. The first kappa shape index (κ1) is 15.0. The summed E-state index contributed by atoms with van der Waals surface area (Å²) in [6, 6.07) is 7.14. The van der Waals surface area contributed by atoms with Gasteiger partial charge in [0, 0.05) is 24.3 Å². The lowest BCUT2D eigenvalue weighted by atomic mass is 10.1. The van der Waals surface area contributed by atoms with Crippen molar-refractivity contribution >= 4 is 21.6 Å². The van der Waals surface area contributed by atoms with Crippen LogP contribution in [0.15, 0.2) is 41.6 Å². The maximum atomic E-state index is 12.1. The van der Waals surface area contributed by atoms with Crippen LogP contribution in [0.1, 0.15) is 12.5 Å². The lowest BCUT2D eigenvalue weighted by molar-refractivity contribution is 0.559. The molecule has 0 radical (unpaired) electrons. The smallest absolute Gasteiger partial charge is 0.243 e. The van der Waals surface area contributed by atoms with E-state index in [1.54, 1.807) is 13.1 Å². The van der Waals surface area contributed by atoms with Crippen LogP contribution in [0.5, 0.6) is 0 Å². The first-order chi connectivity index (χ1) is 9.37. The first-order valence-electron chi connectivity index (χ1n) is 6.12. The van der Waals surface area contributed by atoms with E-state index in [9.17, 15) is 8.42 Å². The quantitative estimate of drug-likeness (QED) is 0.918. The number of nitrogens with one attached hydrogen (secondary N) is 1. The highest BCUT2D eigenvalue weighted by molar-refractivity contribution is 7.89. The molecular weight excluding hydrogens is 298 g/mol. The molecule has 0 bridgehead atoms. The lowest BCUT2D eigenvalue weighted by Gasteiger charge is -2.13. The Labute approximate surface area is 123 Å². The van der Waals surface area contributed by atoms with E-state index >= 15 is 0 Å². The van der Waals surface area contributed by atoms with E-state index in [4.69, 9.17) is 11.6 Å². The molecule has 108 valence electrons. The van der Waals surface area contributed by atoms with Crippen molar-refractivity contribution in [2.45, 2.75) is 24.3 Å². The maximum Gasteiger partial charge on any atom is 0.243 e. The average Bonchev–Trinajstić information content (AvgIpc) is 2.75. The summed E-state index contributed by atoms with van der Waals surface area (Å²) in [7, 11) is -1.86. The average molecular weight is 314 g/mol. The number of nitrogens with zero attached hydrogens (tertiary/aromatic N) is 2. The third-order valence-electron chi connectivity index (χ3n) is 2.78. The summed E-state index contributed by atoms with van der Waals surface area (Å²) in [4.78, 5) is 0.165. The van der Waals surface area contributed by atoms with Crippen molar-refractivity contribution in [3.63, 3.8) is 0 Å². The molecule has 2 rings (SSSR count). The normalized spacial score (nSPS) is 13.3. The molecule has 1 N–H and O–H groups in total. The highest BCUT2D eigenvalue weighted by Gasteiger charge is 2.19. The molecule has 7 heteroatoms. The number of aromatic nitrogens is 2. The van der Waals surface area contributed by atoms with Gasteiger partial charge in [0.2, 0.25) is 10.0 Å². The van der Waals surface area contributed by atoms with Crippen LogP contribution in [0, 0.1) is 0 Å². The van der Waals surface area contributed by atoms with E-state index in [2.05, 4.69) is 9.82 Å². The van der Waals surface area contributed by atoms with Crippen molar-refractivity contribution in [1.82, 2.24) is 14.5 Å². The number of sulfonamides is 1. The van der Waals surface area contributed by atoms with Crippen molar-refractivity contribution in [2.75, 3.05) is 0 Å². The van der Waals surface area contributed by atoms with E-state index in [1.807, 2.05) is 25.1 Å². The molecule has 0 aliphatic carbocycles. The molecule has 1 atom stereocenters. The molecule has 5 nitrogen and oxygen atoms in total. The molecule has 1 unspecified atom stereocenters. The van der Waals surface area contributed by atoms with Crippen molar-refractivity contribution in [2.24, 2.45) is 7.05 Å². The number of benzene rings is 1. The summed E-state index contributed by atoms with van der Waals surface area (Å²) < 4.78 is 28.3. The van der Waals surface area contributed by atoms with Gasteiger partial charge in [0.15, 0.2) is 0 Å². The highest BCUT2D eigenvalue weighted by atomic mass is 35.5. The summed E-state index contributed by atoms with van der Waals surface area (Å²) in [5, 5.41) is 4.51. The minimum Gasteiger partial charge on any atom is -0.274 e. The van der Waals surface area contributed by atoms with Gasteiger partial charge in [0.25, 0.3) is 0 Å². The molecule has 1 aromatic carbocycles. The van der Waals surface area contributed by atoms with Crippen molar-refractivity contribution in [3.8, 4) is 0 Å². The molecule has 0 amide bonds. The van der Waals surface area contributed by atoms with E-state index in [1.165, 1.54) is 17.1 Å². The van der Waals surface area contributed by atoms with E-state index in [-0.39, 0.29) is 10.9 Å². The van der Waals surface area contributed by atoms with Crippen LogP contribution in [0.3, 0.4) is 0 Å². The zero-order chi connectivity index (χ0) is 14.8. The Morgan fingerprint density at radius 3 is 2.80 bits per heavy atom. The number of hydrogen-bond acceptors (Lipinski definition) is 3. The number of hydrogen-bond donors (Lipinski definition) is 1. The summed E-state index contributed by atoms with van der Waals surface area (Å²) in [6.07, 6.45) is 3.36. The van der Waals surface area contributed by atoms with Crippen LogP contribution in [0.25, 0.3) is 0 Å². The van der Waals surface area contributed by atoms with Gasteiger partial charge in [-0.05, 0) is 31.0 Å². The summed E-state index contributed by atoms with van der Waals surface area (Å²) in [5.41, 5.74) is 0.985. The Morgan fingerprint density at radius 2 is 2.20 bits per heavy atom. The minimum absolute atomic E-state index is 0.165. The van der Waals surface area contributed by atoms with Crippen molar-refractivity contribution in [3.05, 3.63) is 47.2 Å². The molecular formula is C13H16ClN3O2S. The van der Waals surface area contributed by atoms with Crippen LogP contribution >= 0.6 is 11.6 Å². The largest absolute Gasteiger partial charge is 0.274 e. The summed E-state index contributed by atoms with van der Waals surface area (Å²) >= 11 is 5.91. The molecule has 0 saturated carbocycles. The third kappa shape index (κ3) is 3.82. The topological polar surface area (TPSA) is 64.0 Å². The highest BCUT2D eigenvalue weighted by Crippen LogP contribution is 2.13. The van der Waals surface area contributed by atoms with E-state index in [0.717, 1.165) is 5.56 Å². The second-order valence-corrected chi connectivity index (χ2v) is 6.86. The van der Waals surface area contributed by atoms with Crippen LogP contribution in [-0.4, -0.2) is 24.2 Å². The predicted octanol–water partition coefficient (Wildman–Crippen LogP) is 1.98. The predicted molar refractivity (Wildman–Crippen MR) is 78.1 cm³/mol. The SMILES string of the molecule is CC(Cc1cccc(Cl)c1)NS(=O)(=O)c1cnn(C)c1. The number of aryl methyl sites for hydroxylation is 1. The van der Waals surface area contributed by atoms with Crippen molar-refractivity contribution in [1.29, 1.82) is 0 Å². The fourth-order valence-corrected chi connectivity index (χ4v) is 3.37. The Balaban J connectivity index is 2.06. The molecule has 1 heterocycles. The molecule has 0 spiro atoms. The van der Waals surface area contributed by atoms with Crippen LogP contribution in [-0.2, 0) is 23.5 Å². The molecule has 2 aromatic rings.